The number of alkyl halides is 3. The smallest absolute Gasteiger partial charge is 0.370 e. The van der Waals surface area contributed by atoms with Crippen molar-refractivity contribution < 1.29 is 13.2 Å². The molecule has 7 heteroatoms. The fourth-order valence-electron chi connectivity index (χ4n) is 2.05. The van der Waals surface area contributed by atoms with E-state index in [-0.39, 0.29) is 5.82 Å². The zero-order chi connectivity index (χ0) is 14.8. The normalized spacial score (nSPS) is 15.2. The number of anilines is 2. The molecule has 4 nitrogen and oxygen atoms in total. The molecule has 0 atom stereocenters. The van der Waals surface area contributed by atoms with Crippen LogP contribution in [0.1, 0.15) is 38.9 Å². The van der Waals surface area contributed by atoms with E-state index in [1.54, 1.807) is 6.07 Å². The third-order valence-electron chi connectivity index (χ3n) is 3.14. The first-order valence-electron chi connectivity index (χ1n) is 6.92. The Bertz CT molecular complexity index is 457. The molecule has 0 radical (unpaired) electrons. The number of halogens is 3. The van der Waals surface area contributed by atoms with E-state index in [0.29, 0.717) is 24.9 Å². The minimum absolute atomic E-state index is 0.239. The average molecular weight is 288 g/mol. The van der Waals surface area contributed by atoms with Crippen LogP contribution in [-0.4, -0.2) is 29.1 Å². The van der Waals surface area contributed by atoms with Gasteiger partial charge >= 0.3 is 6.18 Å². The molecule has 2 rings (SSSR count). The minimum Gasteiger partial charge on any atom is -0.370 e. The third-order valence-corrected chi connectivity index (χ3v) is 3.14. The summed E-state index contributed by atoms with van der Waals surface area (Å²) in [5, 5.41) is 2.91. The Labute approximate surface area is 116 Å². The highest BCUT2D eigenvalue weighted by molar-refractivity contribution is 5.51. The molecule has 112 valence electrons. The van der Waals surface area contributed by atoms with Crippen molar-refractivity contribution in [2.75, 3.05) is 23.3 Å². The maximum atomic E-state index is 12.9. The van der Waals surface area contributed by atoms with Crippen molar-refractivity contribution in [2.24, 2.45) is 0 Å². The van der Waals surface area contributed by atoms with Crippen LogP contribution in [0.4, 0.5) is 24.8 Å². The van der Waals surface area contributed by atoms with Crippen LogP contribution in [0.2, 0.25) is 0 Å². The molecule has 1 aliphatic carbocycles. The number of hydrogen-bond acceptors (Lipinski definition) is 4. The van der Waals surface area contributed by atoms with Gasteiger partial charge in [-0.25, -0.2) is 9.97 Å². The van der Waals surface area contributed by atoms with E-state index < -0.39 is 12.0 Å². The fourth-order valence-corrected chi connectivity index (χ4v) is 2.05. The summed E-state index contributed by atoms with van der Waals surface area (Å²) in [6, 6.07) is 1.92. The van der Waals surface area contributed by atoms with Crippen molar-refractivity contribution in [3.8, 4) is 0 Å². The second-order valence-electron chi connectivity index (χ2n) is 4.88. The zero-order valence-electron chi connectivity index (χ0n) is 11.7. The van der Waals surface area contributed by atoms with Gasteiger partial charge in [0, 0.05) is 25.2 Å². The van der Waals surface area contributed by atoms with Crippen LogP contribution in [0.5, 0.6) is 0 Å². The van der Waals surface area contributed by atoms with Gasteiger partial charge in [-0.15, -0.1) is 0 Å². The highest BCUT2D eigenvalue weighted by Gasteiger charge is 2.37. The molecule has 0 aromatic carbocycles. The Morgan fingerprint density at radius 3 is 2.50 bits per heavy atom. The first-order chi connectivity index (χ1) is 9.45. The van der Waals surface area contributed by atoms with Gasteiger partial charge in [-0.1, -0.05) is 6.92 Å². The molecular formula is C13H19F3N4. The lowest BCUT2D eigenvalue weighted by molar-refractivity contribution is -0.144. The van der Waals surface area contributed by atoms with Crippen LogP contribution in [-0.2, 0) is 6.18 Å². The maximum Gasteiger partial charge on any atom is 0.451 e. The largest absolute Gasteiger partial charge is 0.451 e. The van der Waals surface area contributed by atoms with E-state index in [9.17, 15) is 13.2 Å². The van der Waals surface area contributed by atoms with E-state index in [2.05, 4.69) is 15.3 Å². The zero-order valence-corrected chi connectivity index (χ0v) is 11.7. The minimum atomic E-state index is -4.53. The molecule has 0 spiro atoms. The van der Waals surface area contributed by atoms with Crippen LogP contribution >= 0.6 is 0 Å². The monoisotopic (exact) mass is 288 g/mol. The van der Waals surface area contributed by atoms with Crippen LogP contribution < -0.4 is 10.2 Å². The third kappa shape index (κ3) is 3.52. The van der Waals surface area contributed by atoms with Crippen molar-refractivity contribution in [1.29, 1.82) is 0 Å². The Kier molecular flexibility index (Phi) is 4.35. The summed E-state index contributed by atoms with van der Waals surface area (Å²) in [4.78, 5) is 9.17. The Hall–Kier alpha value is -1.53. The van der Waals surface area contributed by atoms with Crippen LogP contribution in [0.25, 0.3) is 0 Å². The number of aromatic nitrogens is 2. The molecular weight excluding hydrogens is 269 g/mol. The van der Waals surface area contributed by atoms with Crippen molar-refractivity contribution in [1.82, 2.24) is 9.97 Å². The summed E-state index contributed by atoms with van der Waals surface area (Å²) < 4.78 is 38.6. The molecule has 1 aliphatic rings. The average Bonchev–Trinajstić information content (AvgIpc) is 3.20. The molecule has 1 aromatic heterocycles. The SMILES string of the molecule is CCCNc1cc(N(CC)C2CC2)nc(C(F)(F)F)n1. The molecule has 0 aliphatic heterocycles. The Morgan fingerprint density at radius 2 is 2.00 bits per heavy atom. The molecule has 20 heavy (non-hydrogen) atoms. The lowest BCUT2D eigenvalue weighted by Crippen LogP contribution is -2.27. The second-order valence-corrected chi connectivity index (χ2v) is 4.88. The molecule has 1 fully saturated rings. The van der Waals surface area contributed by atoms with E-state index >= 15 is 0 Å². The molecule has 1 saturated carbocycles. The fraction of sp³-hybridized carbons (Fsp3) is 0.692. The number of rotatable bonds is 6. The van der Waals surface area contributed by atoms with E-state index in [1.165, 1.54) is 0 Å². The topological polar surface area (TPSA) is 41.0 Å². The van der Waals surface area contributed by atoms with E-state index in [0.717, 1.165) is 19.3 Å². The number of nitrogens with zero attached hydrogens (tertiary/aromatic N) is 3. The van der Waals surface area contributed by atoms with Crippen LogP contribution in [0, 0.1) is 0 Å². The first kappa shape index (κ1) is 14.9. The molecule has 1 heterocycles. The molecule has 0 unspecified atom stereocenters. The summed E-state index contributed by atoms with van der Waals surface area (Å²) in [5.41, 5.74) is 0. The van der Waals surface area contributed by atoms with Crippen LogP contribution in [0.3, 0.4) is 0 Å². The molecule has 0 bridgehead atoms. The van der Waals surface area contributed by atoms with Gasteiger partial charge in [0.15, 0.2) is 0 Å². The van der Waals surface area contributed by atoms with Gasteiger partial charge in [0.2, 0.25) is 5.82 Å². The number of nitrogens with one attached hydrogen (secondary N) is 1. The molecule has 0 saturated heterocycles. The van der Waals surface area contributed by atoms with E-state index in [4.69, 9.17) is 0 Å². The van der Waals surface area contributed by atoms with Gasteiger partial charge < -0.3 is 10.2 Å². The molecule has 1 N–H and O–H groups in total. The van der Waals surface area contributed by atoms with Gasteiger partial charge in [-0.3, -0.25) is 0 Å². The number of hydrogen-bond donors (Lipinski definition) is 1. The first-order valence-corrected chi connectivity index (χ1v) is 6.92. The quantitative estimate of drug-likeness (QED) is 0.872. The Balaban J connectivity index is 2.33. The van der Waals surface area contributed by atoms with Crippen molar-refractivity contribution in [3.63, 3.8) is 0 Å². The van der Waals surface area contributed by atoms with Gasteiger partial charge in [-0.05, 0) is 26.2 Å². The highest BCUT2D eigenvalue weighted by Crippen LogP contribution is 2.34. The standard InChI is InChI=1S/C13H19F3N4/c1-3-7-17-10-8-11(20(4-2)9-5-6-9)19-12(18-10)13(14,15)16/h8-9H,3-7H2,1-2H3,(H,17,18,19). The molecule has 0 amide bonds. The predicted molar refractivity (Wildman–Crippen MR) is 71.9 cm³/mol. The summed E-state index contributed by atoms with van der Waals surface area (Å²) >= 11 is 0. The van der Waals surface area contributed by atoms with Gasteiger partial charge in [-0.2, -0.15) is 13.2 Å². The summed E-state index contributed by atoms with van der Waals surface area (Å²) in [6.07, 6.45) is -1.68. The van der Waals surface area contributed by atoms with E-state index in [1.807, 2.05) is 18.7 Å². The predicted octanol–water partition coefficient (Wildman–Crippen LogP) is 3.31. The van der Waals surface area contributed by atoms with Gasteiger partial charge in [0.05, 0.1) is 0 Å². The summed E-state index contributed by atoms with van der Waals surface area (Å²) in [5.74, 6) is -0.480. The van der Waals surface area contributed by atoms with Crippen molar-refractivity contribution in [2.45, 2.75) is 45.3 Å². The summed E-state index contributed by atoms with van der Waals surface area (Å²) in [7, 11) is 0. The van der Waals surface area contributed by atoms with Crippen LogP contribution in [0.15, 0.2) is 6.07 Å². The van der Waals surface area contributed by atoms with Crippen molar-refractivity contribution >= 4 is 11.6 Å². The van der Waals surface area contributed by atoms with Gasteiger partial charge in [0.1, 0.15) is 11.6 Å². The second kappa shape index (κ2) is 5.85. The highest BCUT2D eigenvalue weighted by atomic mass is 19.4. The maximum absolute atomic E-state index is 12.9. The molecule has 1 aromatic rings. The van der Waals surface area contributed by atoms with Gasteiger partial charge in [0.25, 0.3) is 0 Å². The summed E-state index contributed by atoms with van der Waals surface area (Å²) in [6.45, 7) is 5.10. The lowest BCUT2D eigenvalue weighted by atomic mass is 10.4. The lowest BCUT2D eigenvalue weighted by Gasteiger charge is -2.23. The Morgan fingerprint density at radius 1 is 1.30 bits per heavy atom. The van der Waals surface area contributed by atoms with Crippen molar-refractivity contribution in [3.05, 3.63) is 11.9 Å².